The van der Waals surface area contributed by atoms with Gasteiger partial charge in [0.15, 0.2) is 0 Å². The molecule has 2 aromatic rings. The van der Waals surface area contributed by atoms with E-state index in [0.29, 0.717) is 0 Å². The zero-order valence-corrected chi connectivity index (χ0v) is 11.3. The molecule has 0 aliphatic heterocycles. The smallest absolute Gasteiger partial charge is 0.257 e. The van der Waals surface area contributed by atoms with Crippen LogP contribution in [0.15, 0.2) is 36.4 Å². The van der Waals surface area contributed by atoms with E-state index >= 15 is 0 Å². The molecule has 1 amide bonds. The molecule has 0 aromatic heterocycles. The van der Waals surface area contributed by atoms with Gasteiger partial charge in [0, 0.05) is 17.8 Å². The summed E-state index contributed by atoms with van der Waals surface area (Å²) in [6.07, 6.45) is 0. The molecule has 2 rings (SSSR count). The summed E-state index contributed by atoms with van der Waals surface area (Å²) in [5.41, 5.74) is 0.395. The predicted octanol–water partition coefficient (Wildman–Crippen LogP) is 3.91. The van der Waals surface area contributed by atoms with Crippen molar-refractivity contribution in [1.82, 2.24) is 0 Å². The van der Waals surface area contributed by atoms with E-state index in [1.165, 1.54) is 31.3 Å². The fourth-order valence-corrected chi connectivity index (χ4v) is 2.01. The van der Waals surface area contributed by atoms with Crippen LogP contribution in [-0.2, 0) is 0 Å². The zero-order chi connectivity index (χ0) is 14.7. The fourth-order valence-electron chi connectivity index (χ4n) is 1.79. The maximum atomic E-state index is 13.6. The van der Waals surface area contributed by atoms with Crippen LogP contribution >= 0.6 is 11.6 Å². The van der Waals surface area contributed by atoms with E-state index in [2.05, 4.69) is 10.6 Å². The number of amides is 1. The lowest BCUT2D eigenvalue weighted by atomic mass is 10.1. The molecule has 0 fully saturated rings. The molecular formula is C14H11ClF2N2O. The second-order valence-electron chi connectivity index (χ2n) is 4.02. The Morgan fingerprint density at radius 3 is 2.60 bits per heavy atom. The second-order valence-corrected chi connectivity index (χ2v) is 4.46. The van der Waals surface area contributed by atoms with Crippen molar-refractivity contribution < 1.29 is 13.6 Å². The predicted molar refractivity (Wildman–Crippen MR) is 75.3 cm³/mol. The van der Waals surface area contributed by atoms with E-state index < -0.39 is 17.5 Å². The van der Waals surface area contributed by atoms with Crippen LogP contribution < -0.4 is 10.6 Å². The molecule has 20 heavy (non-hydrogen) atoms. The molecule has 0 aliphatic carbocycles. The standard InChI is InChI=1S/C14H11ClF2N2O/c1-18-13-11(3-2-4-12(13)17)14(20)19-10-6-8(15)5-9(16)7-10/h2-7,18H,1H3,(H,19,20). The molecule has 0 radical (unpaired) electrons. The summed E-state index contributed by atoms with van der Waals surface area (Å²) in [6, 6.07) is 7.78. The minimum absolute atomic E-state index is 0.0764. The van der Waals surface area contributed by atoms with Gasteiger partial charge in [0.25, 0.3) is 5.91 Å². The average Bonchev–Trinajstić information content (AvgIpc) is 2.37. The van der Waals surface area contributed by atoms with E-state index in [1.807, 2.05) is 0 Å². The van der Waals surface area contributed by atoms with E-state index in [0.717, 1.165) is 12.1 Å². The molecule has 0 heterocycles. The maximum Gasteiger partial charge on any atom is 0.257 e. The summed E-state index contributed by atoms with van der Waals surface area (Å²) in [5.74, 6) is -1.67. The Labute approximate surface area is 119 Å². The second kappa shape index (κ2) is 5.88. The monoisotopic (exact) mass is 296 g/mol. The maximum absolute atomic E-state index is 13.6. The summed E-state index contributed by atoms with van der Waals surface area (Å²) in [4.78, 5) is 12.1. The minimum atomic E-state index is -0.569. The summed E-state index contributed by atoms with van der Waals surface area (Å²) >= 11 is 5.70. The first-order chi connectivity index (χ1) is 9.51. The lowest BCUT2D eigenvalue weighted by Crippen LogP contribution is -2.15. The van der Waals surface area contributed by atoms with Crippen LogP contribution in [0.1, 0.15) is 10.4 Å². The van der Waals surface area contributed by atoms with Crippen LogP contribution in [-0.4, -0.2) is 13.0 Å². The molecule has 0 aliphatic rings. The lowest BCUT2D eigenvalue weighted by molar-refractivity contribution is 0.102. The van der Waals surface area contributed by atoms with Gasteiger partial charge in [-0.2, -0.15) is 0 Å². The highest BCUT2D eigenvalue weighted by molar-refractivity contribution is 6.31. The molecule has 6 heteroatoms. The third kappa shape index (κ3) is 3.05. The van der Waals surface area contributed by atoms with Crippen molar-refractivity contribution >= 4 is 28.9 Å². The first kappa shape index (κ1) is 14.3. The SMILES string of the molecule is CNc1c(F)cccc1C(=O)Nc1cc(F)cc(Cl)c1. The molecule has 3 nitrogen and oxygen atoms in total. The Balaban J connectivity index is 2.31. The first-order valence-corrected chi connectivity index (χ1v) is 6.13. The first-order valence-electron chi connectivity index (χ1n) is 5.75. The van der Waals surface area contributed by atoms with Gasteiger partial charge in [-0.3, -0.25) is 4.79 Å². The van der Waals surface area contributed by atoms with E-state index in [1.54, 1.807) is 0 Å². The minimum Gasteiger partial charge on any atom is -0.385 e. The average molecular weight is 297 g/mol. The van der Waals surface area contributed by atoms with Crippen molar-refractivity contribution in [2.24, 2.45) is 0 Å². The van der Waals surface area contributed by atoms with E-state index in [9.17, 15) is 13.6 Å². The number of benzene rings is 2. The number of carbonyl (C=O) groups is 1. The van der Waals surface area contributed by atoms with Gasteiger partial charge in [-0.15, -0.1) is 0 Å². The number of carbonyl (C=O) groups excluding carboxylic acids is 1. The van der Waals surface area contributed by atoms with Crippen molar-refractivity contribution in [1.29, 1.82) is 0 Å². The highest BCUT2D eigenvalue weighted by Gasteiger charge is 2.14. The summed E-state index contributed by atoms with van der Waals surface area (Å²) < 4.78 is 26.7. The van der Waals surface area contributed by atoms with Crippen LogP contribution in [0.25, 0.3) is 0 Å². The van der Waals surface area contributed by atoms with Gasteiger partial charge >= 0.3 is 0 Å². The molecule has 0 bridgehead atoms. The Kier molecular flexibility index (Phi) is 4.20. The van der Waals surface area contributed by atoms with Crippen LogP contribution in [0.4, 0.5) is 20.2 Å². The summed E-state index contributed by atoms with van der Waals surface area (Å²) in [6.45, 7) is 0. The van der Waals surface area contributed by atoms with Gasteiger partial charge < -0.3 is 10.6 Å². The molecule has 2 N–H and O–H groups in total. The Hall–Kier alpha value is -2.14. The molecule has 0 atom stereocenters. The highest BCUT2D eigenvalue weighted by Crippen LogP contribution is 2.22. The van der Waals surface area contributed by atoms with Gasteiger partial charge in [-0.1, -0.05) is 17.7 Å². The molecule has 0 saturated carbocycles. The van der Waals surface area contributed by atoms with Crippen molar-refractivity contribution in [2.45, 2.75) is 0 Å². The van der Waals surface area contributed by atoms with Crippen LogP contribution in [0, 0.1) is 11.6 Å². The molecule has 0 spiro atoms. The van der Waals surface area contributed by atoms with E-state index in [4.69, 9.17) is 11.6 Å². The molecule has 104 valence electrons. The molecule has 0 saturated heterocycles. The number of hydrogen-bond donors (Lipinski definition) is 2. The van der Waals surface area contributed by atoms with Crippen molar-refractivity contribution in [3.63, 3.8) is 0 Å². The third-order valence-corrected chi connectivity index (χ3v) is 2.85. The Morgan fingerprint density at radius 1 is 1.20 bits per heavy atom. The number of hydrogen-bond acceptors (Lipinski definition) is 2. The third-order valence-electron chi connectivity index (χ3n) is 2.63. The van der Waals surface area contributed by atoms with Crippen LogP contribution in [0.2, 0.25) is 5.02 Å². The summed E-state index contributed by atoms with van der Waals surface area (Å²) in [7, 11) is 1.51. The van der Waals surface area contributed by atoms with Gasteiger partial charge in [-0.25, -0.2) is 8.78 Å². The number of para-hydroxylation sites is 1. The quantitative estimate of drug-likeness (QED) is 0.901. The van der Waals surface area contributed by atoms with Crippen molar-refractivity contribution in [3.8, 4) is 0 Å². The van der Waals surface area contributed by atoms with Crippen molar-refractivity contribution in [2.75, 3.05) is 17.7 Å². The van der Waals surface area contributed by atoms with Crippen LogP contribution in [0.3, 0.4) is 0 Å². The Morgan fingerprint density at radius 2 is 1.95 bits per heavy atom. The number of rotatable bonds is 3. The van der Waals surface area contributed by atoms with Gasteiger partial charge in [0.2, 0.25) is 0 Å². The topological polar surface area (TPSA) is 41.1 Å². The Bertz CT molecular complexity index is 641. The number of halogens is 3. The number of anilines is 2. The zero-order valence-electron chi connectivity index (χ0n) is 10.5. The van der Waals surface area contributed by atoms with Gasteiger partial charge in [0.1, 0.15) is 11.6 Å². The van der Waals surface area contributed by atoms with Gasteiger partial charge in [0.05, 0.1) is 11.3 Å². The highest BCUT2D eigenvalue weighted by atomic mass is 35.5. The molecule has 0 unspecified atom stereocenters. The normalized spacial score (nSPS) is 10.2. The van der Waals surface area contributed by atoms with Crippen LogP contribution in [0.5, 0.6) is 0 Å². The number of nitrogens with one attached hydrogen (secondary N) is 2. The molecule has 2 aromatic carbocycles. The van der Waals surface area contributed by atoms with Crippen molar-refractivity contribution in [3.05, 3.63) is 58.6 Å². The fraction of sp³-hybridized carbons (Fsp3) is 0.0714. The van der Waals surface area contributed by atoms with E-state index in [-0.39, 0.29) is 22.0 Å². The molecular weight excluding hydrogens is 286 g/mol. The van der Waals surface area contributed by atoms with Gasteiger partial charge in [-0.05, 0) is 30.3 Å². The largest absolute Gasteiger partial charge is 0.385 e. The lowest BCUT2D eigenvalue weighted by Gasteiger charge is -2.11. The summed E-state index contributed by atoms with van der Waals surface area (Å²) in [5, 5.41) is 5.25.